The van der Waals surface area contributed by atoms with Crippen LogP contribution in [0.4, 0.5) is 5.69 Å². The molecule has 0 fully saturated rings. The van der Waals surface area contributed by atoms with E-state index in [0.717, 1.165) is 5.69 Å². The van der Waals surface area contributed by atoms with Gasteiger partial charge in [0.1, 0.15) is 0 Å². The lowest BCUT2D eigenvalue weighted by Gasteiger charge is -2.08. The van der Waals surface area contributed by atoms with Crippen molar-refractivity contribution in [3.8, 4) is 0 Å². The van der Waals surface area contributed by atoms with Crippen LogP contribution < -0.4 is 4.90 Å². The number of fused-ring (bicyclic) bond motifs is 1. The molecular formula is C9H8ClNO2. The molecule has 0 aliphatic carbocycles. The zero-order valence-corrected chi connectivity index (χ0v) is 7.75. The lowest BCUT2D eigenvalue weighted by atomic mass is 10.1. The fourth-order valence-corrected chi connectivity index (χ4v) is 1.67. The Bertz CT molecular complexity index is 378. The van der Waals surface area contributed by atoms with Gasteiger partial charge in [-0.2, -0.15) is 0 Å². The van der Waals surface area contributed by atoms with Crippen LogP contribution in [0.3, 0.4) is 0 Å². The van der Waals surface area contributed by atoms with Crippen molar-refractivity contribution >= 4 is 23.2 Å². The molecule has 4 heteroatoms. The number of carbonyl (C=O) groups excluding carboxylic acids is 1. The predicted octanol–water partition coefficient (Wildman–Crippen LogP) is 1.35. The van der Waals surface area contributed by atoms with E-state index in [0.29, 0.717) is 10.6 Å². The Balaban J connectivity index is 2.60. The van der Waals surface area contributed by atoms with Crippen LogP contribution in [0.15, 0.2) is 18.2 Å². The molecule has 1 N–H and O–H groups in total. The van der Waals surface area contributed by atoms with Crippen molar-refractivity contribution < 1.29 is 9.90 Å². The maximum absolute atomic E-state index is 11.3. The topological polar surface area (TPSA) is 40.5 Å². The zero-order chi connectivity index (χ0) is 9.59. The summed E-state index contributed by atoms with van der Waals surface area (Å²) in [6, 6.07) is 5.04. The third-order valence-electron chi connectivity index (χ3n) is 2.21. The first-order valence-electron chi connectivity index (χ1n) is 3.86. The fraction of sp³-hybridized carbons (Fsp3) is 0.222. The Morgan fingerprint density at radius 3 is 2.92 bits per heavy atom. The van der Waals surface area contributed by atoms with Crippen molar-refractivity contribution in [1.82, 2.24) is 0 Å². The molecule has 0 saturated heterocycles. The van der Waals surface area contributed by atoms with E-state index in [1.54, 1.807) is 25.2 Å². The molecule has 0 radical (unpaired) electrons. The molecular weight excluding hydrogens is 190 g/mol. The standard InChI is InChI=1S/C9H8ClNO2/c1-11-7-3-2-5(10)4-6(7)8(12)9(11)13/h2-4,8,12H,1H3. The Labute approximate surface area is 80.5 Å². The van der Waals surface area contributed by atoms with E-state index in [1.807, 2.05) is 0 Å². The van der Waals surface area contributed by atoms with Gasteiger partial charge in [0.05, 0.1) is 0 Å². The maximum atomic E-state index is 11.3. The van der Waals surface area contributed by atoms with Gasteiger partial charge in [-0.1, -0.05) is 11.6 Å². The Kier molecular flexibility index (Phi) is 1.78. The second-order valence-electron chi connectivity index (χ2n) is 3.00. The number of aliphatic hydroxyl groups is 1. The number of anilines is 1. The van der Waals surface area contributed by atoms with Crippen molar-refractivity contribution in [1.29, 1.82) is 0 Å². The first kappa shape index (κ1) is 8.53. The summed E-state index contributed by atoms with van der Waals surface area (Å²) in [6.45, 7) is 0. The van der Waals surface area contributed by atoms with Gasteiger partial charge >= 0.3 is 0 Å². The van der Waals surface area contributed by atoms with Crippen molar-refractivity contribution in [3.63, 3.8) is 0 Å². The SMILES string of the molecule is CN1C(=O)C(O)c2cc(Cl)ccc21. The van der Waals surface area contributed by atoms with Crippen molar-refractivity contribution in [2.24, 2.45) is 0 Å². The van der Waals surface area contributed by atoms with Gasteiger partial charge < -0.3 is 10.0 Å². The number of amides is 1. The largest absolute Gasteiger partial charge is 0.378 e. The summed E-state index contributed by atoms with van der Waals surface area (Å²) in [7, 11) is 1.63. The molecule has 68 valence electrons. The van der Waals surface area contributed by atoms with E-state index in [9.17, 15) is 9.90 Å². The summed E-state index contributed by atoms with van der Waals surface area (Å²) in [5.74, 6) is -0.308. The number of halogens is 1. The van der Waals surface area contributed by atoms with Crippen LogP contribution in [0.5, 0.6) is 0 Å². The van der Waals surface area contributed by atoms with Crippen LogP contribution in [0, 0.1) is 0 Å². The van der Waals surface area contributed by atoms with Crippen LogP contribution >= 0.6 is 11.6 Å². The highest BCUT2D eigenvalue weighted by molar-refractivity contribution is 6.31. The molecule has 1 atom stereocenters. The van der Waals surface area contributed by atoms with E-state index in [4.69, 9.17) is 11.6 Å². The number of hydrogen-bond acceptors (Lipinski definition) is 2. The molecule has 1 amide bonds. The number of nitrogens with zero attached hydrogens (tertiary/aromatic N) is 1. The van der Waals surface area contributed by atoms with Crippen molar-refractivity contribution in [2.45, 2.75) is 6.10 Å². The molecule has 1 unspecified atom stereocenters. The number of rotatable bonds is 0. The number of aliphatic hydroxyl groups excluding tert-OH is 1. The van der Waals surface area contributed by atoms with Crippen LogP contribution in [0.1, 0.15) is 11.7 Å². The van der Waals surface area contributed by atoms with Crippen molar-refractivity contribution in [3.05, 3.63) is 28.8 Å². The molecule has 0 saturated carbocycles. The lowest BCUT2D eigenvalue weighted by Crippen LogP contribution is -2.23. The second-order valence-corrected chi connectivity index (χ2v) is 3.44. The van der Waals surface area contributed by atoms with Crippen LogP contribution in [-0.4, -0.2) is 18.1 Å². The van der Waals surface area contributed by atoms with E-state index in [2.05, 4.69) is 0 Å². The molecule has 1 aromatic carbocycles. The Morgan fingerprint density at radius 2 is 2.23 bits per heavy atom. The number of benzene rings is 1. The fourth-order valence-electron chi connectivity index (χ4n) is 1.49. The molecule has 13 heavy (non-hydrogen) atoms. The van der Waals surface area contributed by atoms with Gasteiger partial charge in [-0.3, -0.25) is 4.79 Å². The van der Waals surface area contributed by atoms with E-state index in [-0.39, 0.29) is 5.91 Å². The molecule has 2 rings (SSSR count). The van der Waals surface area contributed by atoms with Crippen LogP contribution in [0.25, 0.3) is 0 Å². The third kappa shape index (κ3) is 1.12. The van der Waals surface area contributed by atoms with E-state index < -0.39 is 6.10 Å². The average molecular weight is 198 g/mol. The predicted molar refractivity (Wildman–Crippen MR) is 49.8 cm³/mol. The summed E-state index contributed by atoms with van der Waals surface area (Å²) < 4.78 is 0. The molecule has 0 bridgehead atoms. The summed E-state index contributed by atoms with van der Waals surface area (Å²) >= 11 is 5.74. The summed E-state index contributed by atoms with van der Waals surface area (Å²) in [4.78, 5) is 12.7. The Morgan fingerprint density at radius 1 is 1.54 bits per heavy atom. The maximum Gasteiger partial charge on any atom is 0.260 e. The molecule has 3 nitrogen and oxygen atoms in total. The van der Waals surface area contributed by atoms with Crippen molar-refractivity contribution in [2.75, 3.05) is 11.9 Å². The van der Waals surface area contributed by atoms with Crippen LogP contribution in [-0.2, 0) is 4.79 Å². The summed E-state index contributed by atoms with van der Waals surface area (Å²) in [6.07, 6.45) is -1.06. The van der Waals surface area contributed by atoms with Gasteiger partial charge in [-0.05, 0) is 18.2 Å². The van der Waals surface area contributed by atoms with E-state index in [1.165, 1.54) is 4.90 Å². The first-order chi connectivity index (χ1) is 6.11. The number of likely N-dealkylation sites (N-methyl/N-ethyl adjacent to an activating group) is 1. The van der Waals surface area contributed by atoms with Gasteiger partial charge in [0.25, 0.3) is 5.91 Å². The van der Waals surface area contributed by atoms with Gasteiger partial charge in [0.15, 0.2) is 6.10 Å². The van der Waals surface area contributed by atoms with Gasteiger partial charge in [-0.15, -0.1) is 0 Å². The molecule has 0 spiro atoms. The van der Waals surface area contributed by atoms with Crippen LogP contribution in [0.2, 0.25) is 5.02 Å². The summed E-state index contributed by atoms with van der Waals surface area (Å²) in [5, 5.41) is 10.0. The second kappa shape index (κ2) is 2.72. The normalized spacial score (nSPS) is 20.7. The number of hydrogen-bond donors (Lipinski definition) is 1. The monoisotopic (exact) mass is 197 g/mol. The minimum Gasteiger partial charge on any atom is -0.378 e. The highest BCUT2D eigenvalue weighted by Crippen LogP contribution is 2.36. The smallest absolute Gasteiger partial charge is 0.260 e. The third-order valence-corrected chi connectivity index (χ3v) is 2.45. The molecule has 1 aromatic rings. The van der Waals surface area contributed by atoms with Gasteiger partial charge in [-0.25, -0.2) is 0 Å². The molecule has 1 aliphatic heterocycles. The Hall–Kier alpha value is -1.06. The highest BCUT2D eigenvalue weighted by atomic mass is 35.5. The minimum atomic E-state index is -1.06. The average Bonchev–Trinajstić information content (AvgIpc) is 2.32. The molecule has 1 aliphatic rings. The minimum absolute atomic E-state index is 0.308. The molecule has 0 aromatic heterocycles. The van der Waals surface area contributed by atoms with Gasteiger partial charge in [0, 0.05) is 23.3 Å². The lowest BCUT2D eigenvalue weighted by molar-refractivity contribution is -0.125. The first-order valence-corrected chi connectivity index (χ1v) is 4.24. The summed E-state index contributed by atoms with van der Waals surface area (Å²) in [5.41, 5.74) is 1.31. The van der Waals surface area contributed by atoms with E-state index >= 15 is 0 Å². The highest BCUT2D eigenvalue weighted by Gasteiger charge is 2.33. The number of carbonyl (C=O) groups is 1. The van der Waals surface area contributed by atoms with Gasteiger partial charge in [0.2, 0.25) is 0 Å². The zero-order valence-electron chi connectivity index (χ0n) is 6.99. The quantitative estimate of drug-likeness (QED) is 0.682. The molecule has 1 heterocycles.